The first-order valence-electron chi connectivity index (χ1n) is 11.0. The van der Waals surface area contributed by atoms with Crippen molar-refractivity contribution in [2.24, 2.45) is 4.40 Å². The van der Waals surface area contributed by atoms with Gasteiger partial charge in [0.15, 0.2) is 0 Å². The molecule has 4 heterocycles. The lowest BCUT2D eigenvalue weighted by Gasteiger charge is -2.38. The van der Waals surface area contributed by atoms with Gasteiger partial charge in [0, 0.05) is 43.3 Å². The maximum Gasteiger partial charge on any atom is 0.287 e. The predicted molar refractivity (Wildman–Crippen MR) is 130 cm³/mol. The van der Waals surface area contributed by atoms with Crippen molar-refractivity contribution in [3.05, 3.63) is 60.6 Å². The molecule has 2 aliphatic heterocycles. The number of nitrogens with zero attached hydrogens (tertiary/aromatic N) is 6. The summed E-state index contributed by atoms with van der Waals surface area (Å²) < 4.78 is 29.3. The Kier molecular flexibility index (Phi) is 4.73. The second-order valence-electron chi connectivity index (χ2n) is 8.34. The fourth-order valence-electron chi connectivity index (χ4n) is 4.52. The Morgan fingerprint density at radius 1 is 0.971 bits per heavy atom. The average Bonchev–Trinajstić information content (AvgIpc) is 3.39. The molecular weight excluding hydrogens is 452 g/mol. The highest BCUT2D eigenvalue weighted by Crippen LogP contribution is 2.32. The molecule has 2 aromatic heterocycles. The van der Waals surface area contributed by atoms with Gasteiger partial charge in [-0.1, -0.05) is 12.1 Å². The second kappa shape index (κ2) is 7.80. The van der Waals surface area contributed by atoms with Gasteiger partial charge in [-0.25, -0.2) is 9.97 Å². The fraction of sp³-hybridized carbons (Fsp3) is 0.217. The number of nitrogens with one attached hydrogen (secondary N) is 2. The van der Waals surface area contributed by atoms with Gasteiger partial charge in [0.1, 0.15) is 17.0 Å². The summed E-state index contributed by atoms with van der Waals surface area (Å²) in [6.07, 6.45) is 3.33. The minimum absolute atomic E-state index is 0.202. The van der Waals surface area contributed by atoms with Gasteiger partial charge in [0.2, 0.25) is 5.96 Å². The standard InChI is InChI=1S/C23H22N8O2S/c1-15-12-16(18-6-7-26-28-18)13-17-21(15)24-14-25-22(17)30-8-10-31(11-9-30)23-27-19-4-2-3-5-20(19)34(32,33)29-23/h2-7,12-14H,8-11H2,1H3,(H,26,28)(H,27,29). The maximum absolute atomic E-state index is 12.6. The normalized spacial score (nSPS) is 17.3. The summed E-state index contributed by atoms with van der Waals surface area (Å²) in [5.74, 6) is 1.23. The molecule has 4 aromatic rings. The maximum atomic E-state index is 12.6. The number of aromatic amines is 1. The molecule has 6 rings (SSSR count). The van der Waals surface area contributed by atoms with Crippen LogP contribution in [0.3, 0.4) is 0 Å². The molecule has 2 N–H and O–H groups in total. The van der Waals surface area contributed by atoms with E-state index in [0.717, 1.165) is 33.5 Å². The topological polar surface area (TPSA) is 119 Å². The molecule has 0 bridgehead atoms. The fourth-order valence-corrected chi connectivity index (χ4v) is 5.66. The van der Waals surface area contributed by atoms with Crippen LogP contribution in [0.15, 0.2) is 64.3 Å². The summed E-state index contributed by atoms with van der Waals surface area (Å²) in [5, 5.41) is 11.2. The Bertz CT molecular complexity index is 1520. The number of guanidine groups is 1. The smallest absolute Gasteiger partial charge is 0.287 e. The number of rotatable bonds is 2. The second-order valence-corrected chi connectivity index (χ2v) is 9.91. The van der Waals surface area contributed by atoms with Gasteiger partial charge < -0.3 is 15.1 Å². The number of aryl methyl sites for hydroxylation is 1. The molecular formula is C23H22N8O2S. The number of H-pyrrole nitrogens is 1. The van der Waals surface area contributed by atoms with E-state index in [9.17, 15) is 8.42 Å². The molecule has 172 valence electrons. The highest BCUT2D eigenvalue weighted by atomic mass is 32.2. The molecule has 0 amide bonds. The molecule has 1 saturated heterocycles. The Balaban J connectivity index is 1.28. The average molecular weight is 475 g/mol. The monoisotopic (exact) mass is 474 g/mol. The van der Waals surface area contributed by atoms with E-state index in [1.807, 2.05) is 24.0 Å². The van der Waals surface area contributed by atoms with Gasteiger partial charge in [-0.3, -0.25) is 5.10 Å². The third kappa shape index (κ3) is 3.45. The van der Waals surface area contributed by atoms with Crippen molar-refractivity contribution in [1.29, 1.82) is 0 Å². The molecule has 0 aliphatic carbocycles. The van der Waals surface area contributed by atoms with Crippen molar-refractivity contribution in [2.45, 2.75) is 11.8 Å². The number of hydrogen-bond acceptors (Lipinski definition) is 8. The number of fused-ring (bicyclic) bond motifs is 2. The van der Waals surface area contributed by atoms with Gasteiger partial charge in [-0.15, -0.1) is 4.40 Å². The molecule has 0 spiro atoms. The number of para-hydroxylation sites is 1. The third-order valence-electron chi connectivity index (χ3n) is 6.22. The molecule has 34 heavy (non-hydrogen) atoms. The molecule has 1 fully saturated rings. The van der Waals surface area contributed by atoms with Crippen LogP contribution in [-0.4, -0.2) is 65.6 Å². The van der Waals surface area contributed by atoms with E-state index < -0.39 is 10.0 Å². The summed E-state index contributed by atoms with van der Waals surface area (Å²) in [7, 11) is -3.72. The summed E-state index contributed by atoms with van der Waals surface area (Å²) in [6.45, 7) is 4.59. The molecule has 0 atom stereocenters. The van der Waals surface area contributed by atoms with Gasteiger partial charge in [0.25, 0.3) is 10.0 Å². The lowest BCUT2D eigenvalue weighted by Crippen LogP contribution is -2.51. The molecule has 2 aromatic carbocycles. The van der Waals surface area contributed by atoms with E-state index >= 15 is 0 Å². The first-order valence-corrected chi connectivity index (χ1v) is 12.4. The largest absolute Gasteiger partial charge is 0.352 e. The summed E-state index contributed by atoms with van der Waals surface area (Å²) in [4.78, 5) is 13.5. The van der Waals surface area contributed by atoms with Gasteiger partial charge in [-0.05, 0) is 42.8 Å². The molecule has 2 aliphatic rings. The molecule has 11 heteroatoms. The first-order chi connectivity index (χ1) is 16.5. The van der Waals surface area contributed by atoms with Crippen LogP contribution in [0.2, 0.25) is 0 Å². The van der Waals surface area contributed by atoms with Crippen molar-refractivity contribution in [3.8, 4) is 11.3 Å². The molecule has 0 saturated carbocycles. The zero-order chi connectivity index (χ0) is 23.3. The zero-order valence-electron chi connectivity index (χ0n) is 18.4. The van der Waals surface area contributed by atoms with Gasteiger partial charge >= 0.3 is 0 Å². The summed E-state index contributed by atoms with van der Waals surface area (Å²) in [6, 6.07) is 12.9. The number of anilines is 2. The lowest BCUT2D eigenvalue weighted by atomic mass is 10.0. The van der Waals surface area contributed by atoms with Crippen LogP contribution < -0.4 is 10.2 Å². The van der Waals surface area contributed by atoms with Crippen molar-refractivity contribution in [1.82, 2.24) is 25.1 Å². The Hall–Kier alpha value is -3.99. The van der Waals surface area contributed by atoms with Crippen LogP contribution in [0, 0.1) is 6.92 Å². The summed E-state index contributed by atoms with van der Waals surface area (Å²) in [5.41, 5.74) is 4.50. The number of hydrogen-bond donors (Lipinski definition) is 2. The van der Waals surface area contributed by atoms with E-state index in [0.29, 0.717) is 37.8 Å². The SMILES string of the molecule is Cc1cc(-c2ccn[nH]2)cc2c(N3CCN(C4=NS(=O)(=O)c5ccccc5N4)CC3)ncnc12. The van der Waals surface area contributed by atoms with Crippen molar-refractivity contribution in [3.63, 3.8) is 0 Å². The number of benzene rings is 2. The van der Waals surface area contributed by atoms with Crippen molar-refractivity contribution < 1.29 is 8.42 Å². The van der Waals surface area contributed by atoms with E-state index in [4.69, 9.17) is 0 Å². The summed E-state index contributed by atoms with van der Waals surface area (Å²) >= 11 is 0. The molecule has 10 nitrogen and oxygen atoms in total. The zero-order valence-corrected chi connectivity index (χ0v) is 19.2. The molecule has 0 unspecified atom stereocenters. The van der Waals surface area contributed by atoms with Gasteiger partial charge in [-0.2, -0.15) is 13.5 Å². The lowest BCUT2D eigenvalue weighted by molar-refractivity contribution is 0.384. The highest BCUT2D eigenvalue weighted by Gasteiger charge is 2.29. The van der Waals surface area contributed by atoms with Crippen LogP contribution in [0.5, 0.6) is 0 Å². The predicted octanol–water partition coefficient (Wildman–Crippen LogP) is 2.62. The van der Waals surface area contributed by atoms with Crippen LogP contribution in [-0.2, 0) is 10.0 Å². The minimum Gasteiger partial charge on any atom is -0.352 e. The minimum atomic E-state index is -3.72. The molecule has 0 radical (unpaired) electrons. The van der Waals surface area contributed by atoms with Crippen molar-refractivity contribution in [2.75, 3.05) is 36.4 Å². The Morgan fingerprint density at radius 3 is 2.56 bits per heavy atom. The van der Waals surface area contributed by atoms with Crippen LogP contribution in [0.1, 0.15) is 5.56 Å². The van der Waals surface area contributed by atoms with Crippen LogP contribution in [0.25, 0.3) is 22.2 Å². The Labute approximate surface area is 196 Å². The van der Waals surface area contributed by atoms with E-state index in [2.05, 4.69) is 46.9 Å². The van der Waals surface area contributed by atoms with Gasteiger partial charge in [0.05, 0.1) is 16.9 Å². The quantitative estimate of drug-likeness (QED) is 0.455. The van der Waals surface area contributed by atoms with Crippen LogP contribution in [0.4, 0.5) is 11.5 Å². The number of sulfonamides is 1. The van der Waals surface area contributed by atoms with Crippen LogP contribution >= 0.6 is 0 Å². The van der Waals surface area contributed by atoms with E-state index in [1.54, 1.807) is 30.7 Å². The highest BCUT2D eigenvalue weighted by molar-refractivity contribution is 7.90. The van der Waals surface area contributed by atoms with Crippen molar-refractivity contribution >= 4 is 38.4 Å². The Morgan fingerprint density at radius 2 is 1.76 bits per heavy atom. The third-order valence-corrected chi connectivity index (χ3v) is 7.54. The number of aromatic nitrogens is 4. The number of piperazine rings is 1. The first kappa shape index (κ1) is 20.6. The van der Waals surface area contributed by atoms with E-state index in [1.165, 1.54) is 0 Å². The van der Waals surface area contributed by atoms with E-state index in [-0.39, 0.29) is 4.90 Å².